The van der Waals surface area contributed by atoms with Crippen LogP contribution in [0.4, 0.5) is 12.9 Å². The van der Waals surface area contributed by atoms with Gasteiger partial charge in [-0.2, -0.15) is 0 Å². The smallest absolute Gasteiger partial charge is 0.445 e. The number of hydrogen-bond acceptors (Lipinski definition) is 1. The molecular formula is C8H8BF3KN. The van der Waals surface area contributed by atoms with Gasteiger partial charge in [-0.1, -0.05) is 11.5 Å². The number of halogens is 3. The van der Waals surface area contributed by atoms with Gasteiger partial charge in [0.05, 0.1) is 0 Å². The molecule has 70 valence electrons. The van der Waals surface area contributed by atoms with Crippen molar-refractivity contribution in [3.63, 3.8) is 0 Å². The van der Waals surface area contributed by atoms with Crippen LogP contribution < -0.4 is 56.8 Å². The van der Waals surface area contributed by atoms with E-state index in [0.717, 1.165) is 18.9 Å². The predicted octanol–water partition coefficient (Wildman–Crippen LogP) is -0.983. The van der Waals surface area contributed by atoms with Crippen molar-refractivity contribution < 1.29 is 64.3 Å². The fourth-order valence-corrected chi connectivity index (χ4v) is 1.40. The minimum absolute atomic E-state index is 0. The van der Waals surface area contributed by atoms with Gasteiger partial charge in [0.25, 0.3) is 0 Å². The Kier molecular flexibility index (Phi) is 4.23. The van der Waals surface area contributed by atoms with E-state index in [2.05, 4.69) is 4.98 Å². The Balaban J connectivity index is 0.000000980. The molecule has 1 saturated carbocycles. The zero-order chi connectivity index (χ0) is 9.47. The van der Waals surface area contributed by atoms with E-state index < -0.39 is 12.4 Å². The van der Waals surface area contributed by atoms with Crippen molar-refractivity contribution in [2.24, 2.45) is 0 Å². The summed E-state index contributed by atoms with van der Waals surface area (Å²) >= 11 is 0. The first kappa shape index (κ1) is 12.7. The van der Waals surface area contributed by atoms with Crippen LogP contribution in [0.5, 0.6) is 0 Å². The van der Waals surface area contributed by atoms with Gasteiger partial charge in [0.15, 0.2) is 0 Å². The molecule has 0 atom stereocenters. The second-order valence-corrected chi connectivity index (χ2v) is 3.33. The van der Waals surface area contributed by atoms with Crippen LogP contribution in [-0.2, 0) is 0 Å². The largest absolute Gasteiger partial charge is 1.00 e. The Morgan fingerprint density at radius 3 is 2.43 bits per heavy atom. The van der Waals surface area contributed by atoms with Crippen molar-refractivity contribution >= 4 is 12.4 Å². The molecule has 0 aliphatic heterocycles. The second kappa shape index (κ2) is 4.65. The maximum absolute atomic E-state index is 12.5. The van der Waals surface area contributed by atoms with Gasteiger partial charge >= 0.3 is 58.4 Å². The molecule has 0 aromatic carbocycles. The fourth-order valence-electron chi connectivity index (χ4n) is 1.40. The summed E-state index contributed by atoms with van der Waals surface area (Å²) in [4.78, 5) is 3.80. The Bertz CT molecular complexity index is 325. The molecule has 0 bridgehead atoms. The summed E-state index contributed by atoms with van der Waals surface area (Å²) in [5, 5.41) is 0. The van der Waals surface area contributed by atoms with Crippen LogP contribution in [0.1, 0.15) is 24.5 Å². The summed E-state index contributed by atoms with van der Waals surface area (Å²) in [5.41, 5.74) is -0.264. The van der Waals surface area contributed by atoms with Crippen LogP contribution in [0.2, 0.25) is 0 Å². The van der Waals surface area contributed by atoms with Gasteiger partial charge in [-0.05, 0) is 24.8 Å². The molecule has 0 amide bonds. The molecule has 1 heterocycles. The van der Waals surface area contributed by atoms with Crippen molar-refractivity contribution in [1.82, 2.24) is 4.98 Å². The van der Waals surface area contributed by atoms with E-state index >= 15 is 0 Å². The summed E-state index contributed by atoms with van der Waals surface area (Å²) in [6.07, 6.45) is 3.12. The van der Waals surface area contributed by atoms with E-state index in [-0.39, 0.29) is 63.0 Å². The molecule has 1 aromatic heterocycles. The third-order valence-electron chi connectivity index (χ3n) is 2.19. The maximum atomic E-state index is 12.5. The number of nitrogens with zero attached hydrogens (tertiary/aromatic N) is 1. The third kappa shape index (κ3) is 2.82. The average molecular weight is 225 g/mol. The summed E-state index contributed by atoms with van der Waals surface area (Å²) in [6.45, 7) is -4.89. The molecule has 1 aromatic rings. The van der Waals surface area contributed by atoms with Crippen LogP contribution in [0.3, 0.4) is 0 Å². The van der Waals surface area contributed by atoms with Crippen molar-refractivity contribution in [1.29, 1.82) is 0 Å². The van der Waals surface area contributed by atoms with Crippen LogP contribution in [0.15, 0.2) is 18.3 Å². The average Bonchev–Trinajstić information content (AvgIpc) is 2.85. The quantitative estimate of drug-likeness (QED) is 0.589. The van der Waals surface area contributed by atoms with Gasteiger partial charge in [-0.3, -0.25) is 4.98 Å². The number of hydrogen-bond donors (Lipinski definition) is 0. The number of pyridine rings is 1. The van der Waals surface area contributed by atoms with E-state index in [0.29, 0.717) is 0 Å². The normalized spacial score (nSPS) is 16.2. The van der Waals surface area contributed by atoms with E-state index in [1.54, 1.807) is 0 Å². The SMILES string of the molecule is F[B-](F)(F)c1cccnc1C1CC1.[K+]. The zero-order valence-electron chi connectivity index (χ0n) is 7.88. The Hall–Kier alpha value is 0.641. The molecule has 0 spiro atoms. The number of rotatable bonds is 2. The van der Waals surface area contributed by atoms with E-state index in [9.17, 15) is 12.9 Å². The van der Waals surface area contributed by atoms with Crippen LogP contribution in [0, 0.1) is 0 Å². The minimum Gasteiger partial charge on any atom is -0.445 e. The first-order chi connectivity index (χ1) is 6.09. The molecule has 0 unspecified atom stereocenters. The first-order valence-electron chi connectivity index (χ1n) is 4.24. The summed E-state index contributed by atoms with van der Waals surface area (Å²) in [5.74, 6) is 0.0553. The molecule has 1 nitrogen and oxygen atoms in total. The Morgan fingerprint density at radius 1 is 1.29 bits per heavy atom. The maximum Gasteiger partial charge on any atom is 1.00 e. The van der Waals surface area contributed by atoms with E-state index in [1.165, 1.54) is 12.3 Å². The second-order valence-electron chi connectivity index (χ2n) is 3.33. The van der Waals surface area contributed by atoms with E-state index in [4.69, 9.17) is 0 Å². The molecule has 0 radical (unpaired) electrons. The van der Waals surface area contributed by atoms with Crippen molar-refractivity contribution in [2.75, 3.05) is 0 Å². The van der Waals surface area contributed by atoms with Gasteiger partial charge in [0.2, 0.25) is 0 Å². The van der Waals surface area contributed by atoms with Gasteiger partial charge in [0.1, 0.15) is 0 Å². The van der Waals surface area contributed by atoms with Gasteiger partial charge in [-0.25, -0.2) is 0 Å². The summed E-state index contributed by atoms with van der Waals surface area (Å²) in [7, 11) is 0. The molecular weight excluding hydrogens is 217 g/mol. The zero-order valence-corrected chi connectivity index (χ0v) is 11.0. The minimum atomic E-state index is -4.89. The van der Waals surface area contributed by atoms with Gasteiger partial charge < -0.3 is 12.9 Å². The molecule has 1 fully saturated rings. The molecule has 2 rings (SSSR count). The molecule has 0 saturated heterocycles. The third-order valence-corrected chi connectivity index (χ3v) is 2.19. The molecule has 0 N–H and O–H groups in total. The first-order valence-corrected chi connectivity index (χ1v) is 4.24. The van der Waals surface area contributed by atoms with Crippen molar-refractivity contribution in [3.8, 4) is 0 Å². The van der Waals surface area contributed by atoms with Crippen molar-refractivity contribution in [2.45, 2.75) is 18.8 Å². The fraction of sp³-hybridized carbons (Fsp3) is 0.375. The van der Waals surface area contributed by atoms with Gasteiger partial charge in [-0.15, -0.1) is 0 Å². The molecule has 6 heteroatoms. The predicted molar refractivity (Wildman–Crippen MR) is 44.9 cm³/mol. The standard InChI is InChI=1S/C8H8BF3N.K/c10-9(11,12)7-2-1-5-13-8(7)6-3-4-6;/h1-2,5-6H,3-4H2;/q-1;+1. The van der Waals surface area contributed by atoms with Crippen LogP contribution >= 0.6 is 0 Å². The Labute approximate surface area is 123 Å². The number of aromatic nitrogens is 1. The molecule has 14 heavy (non-hydrogen) atoms. The monoisotopic (exact) mass is 225 g/mol. The van der Waals surface area contributed by atoms with Crippen molar-refractivity contribution in [3.05, 3.63) is 24.0 Å². The van der Waals surface area contributed by atoms with Gasteiger partial charge in [0, 0.05) is 11.9 Å². The molecule has 1 aliphatic rings. The van der Waals surface area contributed by atoms with E-state index in [1.807, 2.05) is 0 Å². The van der Waals surface area contributed by atoms with Crippen LogP contribution in [0.25, 0.3) is 0 Å². The van der Waals surface area contributed by atoms with Crippen LogP contribution in [-0.4, -0.2) is 12.0 Å². The Morgan fingerprint density at radius 2 is 1.93 bits per heavy atom. The summed E-state index contributed by atoms with van der Waals surface area (Å²) in [6, 6.07) is 2.47. The molecule has 1 aliphatic carbocycles. The summed E-state index contributed by atoms with van der Waals surface area (Å²) < 4.78 is 37.4. The topological polar surface area (TPSA) is 12.9 Å².